The zero-order valence-electron chi connectivity index (χ0n) is 15.6. The number of piperidine rings is 1. The van der Waals surface area contributed by atoms with Crippen molar-refractivity contribution in [1.29, 1.82) is 0 Å². The fourth-order valence-electron chi connectivity index (χ4n) is 3.85. The third-order valence-corrected chi connectivity index (χ3v) is 5.35. The van der Waals surface area contributed by atoms with E-state index in [1.165, 1.54) is 19.3 Å². The highest BCUT2D eigenvalue weighted by Crippen LogP contribution is 2.22. The second kappa shape index (κ2) is 7.52. The second-order valence-corrected chi connectivity index (χ2v) is 7.13. The van der Waals surface area contributed by atoms with Crippen LogP contribution < -0.4 is 0 Å². The second-order valence-electron chi connectivity index (χ2n) is 7.13. The largest absolute Gasteiger partial charge is 0.478 e. The minimum absolute atomic E-state index is 0.289. The van der Waals surface area contributed by atoms with E-state index >= 15 is 0 Å². The molecular formula is C20H25N5O2. The van der Waals surface area contributed by atoms with Crippen LogP contribution in [0.25, 0.3) is 11.0 Å². The van der Waals surface area contributed by atoms with E-state index in [0.29, 0.717) is 6.54 Å². The zero-order chi connectivity index (χ0) is 18.8. The predicted molar refractivity (Wildman–Crippen MR) is 103 cm³/mol. The highest BCUT2D eigenvalue weighted by molar-refractivity contribution is 5.92. The minimum Gasteiger partial charge on any atom is -0.478 e. The number of imidazole rings is 2. The lowest BCUT2D eigenvalue weighted by atomic mass is 10.1. The minimum atomic E-state index is -0.916. The lowest BCUT2D eigenvalue weighted by Gasteiger charge is -2.26. The first-order chi connectivity index (χ1) is 13.2. The average molecular weight is 367 g/mol. The molecule has 1 N–H and O–H groups in total. The third-order valence-electron chi connectivity index (χ3n) is 5.35. The summed E-state index contributed by atoms with van der Waals surface area (Å²) in [4.78, 5) is 23.0. The van der Waals surface area contributed by atoms with Crippen molar-refractivity contribution < 1.29 is 9.90 Å². The lowest BCUT2D eigenvalue weighted by Crippen LogP contribution is -2.30. The average Bonchev–Trinajstić information content (AvgIpc) is 3.27. The number of likely N-dealkylation sites (tertiary alicyclic amines) is 1. The van der Waals surface area contributed by atoms with Crippen LogP contribution in [-0.4, -0.2) is 48.2 Å². The van der Waals surface area contributed by atoms with Gasteiger partial charge in [-0.2, -0.15) is 0 Å². The van der Waals surface area contributed by atoms with Crippen molar-refractivity contribution in [3.05, 3.63) is 47.8 Å². The summed E-state index contributed by atoms with van der Waals surface area (Å²) in [6.45, 7) is 6.55. The van der Waals surface area contributed by atoms with E-state index in [0.717, 1.165) is 48.7 Å². The Morgan fingerprint density at radius 3 is 2.74 bits per heavy atom. The molecule has 3 heterocycles. The van der Waals surface area contributed by atoms with E-state index in [4.69, 9.17) is 4.98 Å². The fraction of sp³-hybridized carbons (Fsp3) is 0.450. The number of hydrogen-bond donors (Lipinski definition) is 1. The Bertz CT molecular complexity index is 953. The molecule has 0 aliphatic carbocycles. The monoisotopic (exact) mass is 367 g/mol. The molecule has 1 aliphatic rings. The number of fused-ring (bicyclic) bond motifs is 1. The molecule has 1 saturated heterocycles. The van der Waals surface area contributed by atoms with Crippen molar-refractivity contribution >= 4 is 17.0 Å². The first-order valence-corrected chi connectivity index (χ1v) is 9.59. The Labute approximate surface area is 158 Å². The Hall–Kier alpha value is -2.67. The summed E-state index contributed by atoms with van der Waals surface area (Å²) >= 11 is 0. The van der Waals surface area contributed by atoms with Crippen LogP contribution in [0.15, 0.2) is 30.7 Å². The first-order valence-electron chi connectivity index (χ1n) is 9.59. The normalized spacial score (nSPS) is 15.4. The van der Waals surface area contributed by atoms with Crippen LogP contribution in [0.1, 0.15) is 48.1 Å². The Morgan fingerprint density at radius 1 is 1.19 bits per heavy atom. The van der Waals surface area contributed by atoms with E-state index in [9.17, 15) is 9.90 Å². The molecule has 0 radical (unpaired) electrons. The molecule has 0 saturated carbocycles. The molecule has 142 valence electrons. The van der Waals surface area contributed by atoms with E-state index < -0.39 is 5.97 Å². The van der Waals surface area contributed by atoms with Gasteiger partial charge in [-0.1, -0.05) is 6.42 Å². The maximum atomic E-state index is 11.4. The van der Waals surface area contributed by atoms with Crippen molar-refractivity contribution in [3.63, 3.8) is 0 Å². The molecule has 0 atom stereocenters. The number of nitrogens with zero attached hydrogens (tertiary/aromatic N) is 5. The summed E-state index contributed by atoms with van der Waals surface area (Å²) in [6, 6.07) is 5.17. The SMILES string of the molecule is CCn1cncc1Cn1c(CN2CCCCC2)nc2ccc(C(=O)O)cc21. The highest BCUT2D eigenvalue weighted by atomic mass is 16.4. The van der Waals surface area contributed by atoms with Gasteiger partial charge in [0.1, 0.15) is 5.82 Å². The van der Waals surface area contributed by atoms with Crippen LogP contribution >= 0.6 is 0 Å². The van der Waals surface area contributed by atoms with Crippen molar-refractivity contribution in [3.8, 4) is 0 Å². The number of benzene rings is 1. The Balaban J connectivity index is 1.76. The maximum Gasteiger partial charge on any atom is 0.335 e. The van der Waals surface area contributed by atoms with Gasteiger partial charge in [0.15, 0.2) is 0 Å². The molecule has 4 rings (SSSR count). The van der Waals surface area contributed by atoms with Gasteiger partial charge in [-0.25, -0.2) is 14.8 Å². The molecular weight excluding hydrogens is 342 g/mol. The molecule has 3 aromatic rings. The number of carbonyl (C=O) groups is 1. The molecule has 0 bridgehead atoms. The summed E-state index contributed by atoms with van der Waals surface area (Å²) in [5.41, 5.74) is 3.09. The molecule has 0 spiro atoms. The molecule has 0 amide bonds. The smallest absolute Gasteiger partial charge is 0.335 e. The van der Waals surface area contributed by atoms with Gasteiger partial charge in [0, 0.05) is 12.7 Å². The number of carboxylic acids is 1. The quantitative estimate of drug-likeness (QED) is 0.725. The molecule has 1 aromatic carbocycles. The molecule has 27 heavy (non-hydrogen) atoms. The molecule has 7 nitrogen and oxygen atoms in total. The van der Waals surface area contributed by atoms with Crippen molar-refractivity contribution in [2.45, 2.75) is 45.8 Å². The van der Waals surface area contributed by atoms with Crippen molar-refractivity contribution in [2.24, 2.45) is 0 Å². The summed E-state index contributed by atoms with van der Waals surface area (Å²) < 4.78 is 4.26. The number of aromatic carboxylic acids is 1. The predicted octanol–water partition coefficient (Wildman–Crippen LogP) is 2.99. The Kier molecular flexibility index (Phi) is 4.94. The fourth-order valence-corrected chi connectivity index (χ4v) is 3.85. The van der Waals surface area contributed by atoms with E-state index in [2.05, 4.69) is 25.9 Å². The van der Waals surface area contributed by atoms with E-state index in [-0.39, 0.29) is 5.56 Å². The summed E-state index contributed by atoms with van der Waals surface area (Å²) in [6.07, 6.45) is 7.46. The van der Waals surface area contributed by atoms with Gasteiger partial charge in [0.05, 0.1) is 41.7 Å². The number of aromatic nitrogens is 4. The van der Waals surface area contributed by atoms with Gasteiger partial charge < -0.3 is 14.2 Å². The van der Waals surface area contributed by atoms with Crippen molar-refractivity contribution in [1.82, 2.24) is 24.0 Å². The van der Waals surface area contributed by atoms with E-state index in [1.54, 1.807) is 12.1 Å². The number of aryl methyl sites for hydroxylation is 1. The van der Waals surface area contributed by atoms with Crippen LogP contribution in [0.5, 0.6) is 0 Å². The molecule has 1 fully saturated rings. The van der Waals surface area contributed by atoms with Crippen LogP contribution in [0, 0.1) is 0 Å². The third kappa shape index (κ3) is 3.60. The summed E-state index contributed by atoms with van der Waals surface area (Å²) in [5, 5.41) is 9.39. The lowest BCUT2D eigenvalue weighted by molar-refractivity contribution is 0.0697. The van der Waals surface area contributed by atoms with Gasteiger partial charge >= 0.3 is 5.97 Å². The number of rotatable bonds is 6. The summed E-state index contributed by atoms with van der Waals surface area (Å²) in [7, 11) is 0. The zero-order valence-corrected chi connectivity index (χ0v) is 15.6. The van der Waals surface area contributed by atoms with Crippen LogP contribution in [0.3, 0.4) is 0 Å². The Morgan fingerprint density at radius 2 is 2.00 bits per heavy atom. The van der Waals surface area contributed by atoms with Gasteiger partial charge in [0.2, 0.25) is 0 Å². The van der Waals surface area contributed by atoms with Crippen LogP contribution in [0.4, 0.5) is 0 Å². The van der Waals surface area contributed by atoms with Crippen molar-refractivity contribution in [2.75, 3.05) is 13.1 Å². The highest BCUT2D eigenvalue weighted by Gasteiger charge is 2.18. The number of hydrogen-bond acceptors (Lipinski definition) is 4. The van der Waals surface area contributed by atoms with E-state index in [1.807, 2.05) is 18.6 Å². The van der Waals surface area contributed by atoms with Gasteiger partial charge in [0.25, 0.3) is 0 Å². The van der Waals surface area contributed by atoms with Gasteiger partial charge in [-0.05, 0) is 51.1 Å². The van der Waals surface area contributed by atoms with Crippen LogP contribution in [0.2, 0.25) is 0 Å². The molecule has 2 aromatic heterocycles. The standard InChI is InChI=1S/C20H25N5O2/c1-2-24-14-21-11-16(24)12-25-18-10-15(20(26)27)6-7-17(18)22-19(25)13-23-8-4-3-5-9-23/h6-7,10-11,14H,2-5,8-9,12-13H2,1H3,(H,26,27). The summed E-state index contributed by atoms with van der Waals surface area (Å²) in [5.74, 6) is 0.0686. The van der Waals surface area contributed by atoms with Crippen LogP contribution in [-0.2, 0) is 19.6 Å². The van der Waals surface area contributed by atoms with Gasteiger partial charge in [-0.15, -0.1) is 0 Å². The first kappa shape index (κ1) is 17.7. The molecule has 7 heteroatoms. The molecule has 0 unspecified atom stereocenters. The topological polar surface area (TPSA) is 76.2 Å². The maximum absolute atomic E-state index is 11.4. The molecule has 1 aliphatic heterocycles. The number of carboxylic acid groups (broad SMARTS) is 1. The van der Waals surface area contributed by atoms with Gasteiger partial charge in [-0.3, -0.25) is 4.90 Å².